The summed E-state index contributed by atoms with van der Waals surface area (Å²) in [5.74, 6) is 0. The molecule has 0 amide bonds. The molecular weight excluding hydrogens is 204 g/mol. The van der Waals surface area contributed by atoms with Crippen molar-refractivity contribution in [2.24, 2.45) is 5.41 Å². The molecule has 2 heteroatoms. The predicted molar refractivity (Wildman–Crippen MR) is 68.2 cm³/mol. The van der Waals surface area contributed by atoms with E-state index in [1.165, 1.54) is 5.56 Å². The van der Waals surface area contributed by atoms with E-state index in [0.29, 0.717) is 0 Å². The second-order valence-corrected chi connectivity index (χ2v) is 5.62. The lowest BCUT2D eigenvalue weighted by atomic mass is 9.83. The van der Waals surface area contributed by atoms with Gasteiger partial charge in [-0.05, 0) is 17.5 Å². The highest BCUT2D eigenvalue weighted by atomic mass is 32.1. The standard InChI is InChI=1S/C13H20OS/c1-5-10-6-8-11(9-7-10)13(14,15)12(2,3)4/h6-9,14-15H,5H2,1-4H3. The van der Waals surface area contributed by atoms with Gasteiger partial charge in [-0.1, -0.05) is 52.0 Å². The van der Waals surface area contributed by atoms with Crippen molar-refractivity contribution in [2.75, 3.05) is 0 Å². The zero-order valence-electron chi connectivity index (χ0n) is 9.91. The van der Waals surface area contributed by atoms with E-state index >= 15 is 0 Å². The number of aliphatic hydroxyl groups is 1. The Balaban J connectivity index is 3.06. The van der Waals surface area contributed by atoms with Crippen LogP contribution in [-0.2, 0) is 11.4 Å². The Morgan fingerprint density at radius 3 is 1.93 bits per heavy atom. The van der Waals surface area contributed by atoms with Crippen molar-refractivity contribution in [3.05, 3.63) is 35.4 Å². The van der Waals surface area contributed by atoms with Crippen molar-refractivity contribution in [2.45, 2.75) is 39.0 Å². The Hall–Kier alpha value is -0.470. The summed E-state index contributed by atoms with van der Waals surface area (Å²) in [6, 6.07) is 8.00. The predicted octanol–water partition coefficient (Wildman–Crippen LogP) is 3.37. The second-order valence-electron chi connectivity index (χ2n) is 4.97. The van der Waals surface area contributed by atoms with E-state index in [-0.39, 0.29) is 5.41 Å². The van der Waals surface area contributed by atoms with E-state index in [0.717, 1.165) is 12.0 Å². The number of aryl methyl sites for hydroxylation is 1. The fraction of sp³-hybridized carbons (Fsp3) is 0.538. The highest BCUT2D eigenvalue weighted by molar-refractivity contribution is 7.81. The van der Waals surface area contributed by atoms with Crippen LogP contribution in [0.25, 0.3) is 0 Å². The highest BCUT2D eigenvalue weighted by Gasteiger charge is 2.37. The first-order valence-corrected chi connectivity index (χ1v) is 5.78. The lowest BCUT2D eigenvalue weighted by molar-refractivity contribution is 0.0270. The third-order valence-electron chi connectivity index (χ3n) is 2.81. The topological polar surface area (TPSA) is 20.2 Å². The zero-order chi connectivity index (χ0) is 11.7. The van der Waals surface area contributed by atoms with Gasteiger partial charge in [0, 0.05) is 5.41 Å². The van der Waals surface area contributed by atoms with Crippen LogP contribution in [0.4, 0.5) is 0 Å². The molecule has 0 aromatic heterocycles. The fourth-order valence-electron chi connectivity index (χ4n) is 1.41. The smallest absolute Gasteiger partial charge is 0.138 e. The largest absolute Gasteiger partial charge is 0.375 e. The third kappa shape index (κ3) is 2.56. The fourth-order valence-corrected chi connectivity index (χ4v) is 1.55. The normalized spacial score (nSPS) is 16.1. The summed E-state index contributed by atoms with van der Waals surface area (Å²) in [7, 11) is 0. The maximum atomic E-state index is 10.4. The van der Waals surface area contributed by atoms with Crippen LogP contribution < -0.4 is 0 Å². The number of hydrogen-bond acceptors (Lipinski definition) is 2. The van der Waals surface area contributed by atoms with E-state index < -0.39 is 4.93 Å². The van der Waals surface area contributed by atoms with Gasteiger partial charge in [-0.15, -0.1) is 12.6 Å². The van der Waals surface area contributed by atoms with Crippen LogP contribution in [0.1, 0.15) is 38.8 Å². The highest BCUT2D eigenvalue weighted by Crippen LogP contribution is 2.42. The third-order valence-corrected chi connectivity index (χ3v) is 3.74. The molecule has 0 fully saturated rings. The van der Waals surface area contributed by atoms with Gasteiger partial charge in [0.1, 0.15) is 4.93 Å². The van der Waals surface area contributed by atoms with Crippen molar-refractivity contribution >= 4 is 12.6 Å². The van der Waals surface area contributed by atoms with Crippen molar-refractivity contribution in [3.63, 3.8) is 0 Å². The Kier molecular flexibility index (Phi) is 3.51. The number of thiol groups is 1. The molecule has 0 aliphatic heterocycles. The summed E-state index contributed by atoms with van der Waals surface area (Å²) < 4.78 is 0. The maximum Gasteiger partial charge on any atom is 0.138 e. The second kappa shape index (κ2) is 4.18. The van der Waals surface area contributed by atoms with E-state index in [4.69, 9.17) is 0 Å². The van der Waals surface area contributed by atoms with E-state index in [1.807, 2.05) is 45.0 Å². The summed E-state index contributed by atoms with van der Waals surface area (Å²) in [4.78, 5) is -1.08. The minimum absolute atomic E-state index is 0.288. The molecule has 1 unspecified atom stereocenters. The molecule has 1 rings (SSSR count). The molecule has 0 aliphatic carbocycles. The maximum absolute atomic E-state index is 10.4. The van der Waals surface area contributed by atoms with E-state index in [9.17, 15) is 5.11 Å². The molecule has 1 N–H and O–H groups in total. The SMILES string of the molecule is CCc1ccc(C(O)(S)C(C)(C)C)cc1. The van der Waals surface area contributed by atoms with Crippen molar-refractivity contribution in [1.82, 2.24) is 0 Å². The van der Waals surface area contributed by atoms with Crippen LogP contribution in [0.5, 0.6) is 0 Å². The number of hydrogen-bond donors (Lipinski definition) is 2. The lowest BCUT2D eigenvalue weighted by Gasteiger charge is -2.36. The summed E-state index contributed by atoms with van der Waals surface area (Å²) in [5, 5.41) is 10.4. The van der Waals surface area contributed by atoms with Crippen LogP contribution in [-0.4, -0.2) is 5.11 Å². The average Bonchev–Trinajstić information content (AvgIpc) is 2.16. The molecule has 1 aromatic rings. The molecule has 0 radical (unpaired) electrons. The van der Waals surface area contributed by atoms with Gasteiger partial charge < -0.3 is 5.11 Å². The molecule has 15 heavy (non-hydrogen) atoms. The summed E-state index contributed by atoms with van der Waals surface area (Å²) in [6.45, 7) is 8.06. The molecule has 0 bridgehead atoms. The first kappa shape index (κ1) is 12.6. The van der Waals surface area contributed by atoms with Gasteiger partial charge in [-0.2, -0.15) is 0 Å². The van der Waals surface area contributed by atoms with Gasteiger partial charge in [0.15, 0.2) is 0 Å². The molecule has 0 saturated heterocycles. The van der Waals surface area contributed by atoms with Crippen molar-refractivity contribution in [3.8, 4) is 0 Å². The molecule has 84 valence electrons. The molecular formula is C13H20OS. The molecule has 0 heterocycles. The zero-order valence-corrected chi connectivity index (χ0v) is 10.8. The number of benzene rings is 1. The van der Waals surface area contributed by atoms with Gasteiger partial charge in [-0.3, -0.25) is 0 Å². The van der Waals surface area contributed by atoms with Gasteiger partial charge in [0.25, 0.3) is 0 Å². The summed E-state index contributed by atoms with van der Waals surface area (Å²) in [5.41, 5.74) is 1.84. The van der Waals surface area contributed by atoms with Gasteiger partial charge >= 0.3 is 0 Å². The van der Waals surface area contributed by atoms with Crippen LogP contribution in [0, 0.1) is 5.41 Å². The Bertz CT molecular complexity index is 319. The minimum Gasteiger partial charge on any atom is -0.375 e. The van der Waals surface area contributed by atoms with Crippen LogP contribution in [0.15, 0.2) is 24.3 Å². The number of rotatable bonds is 2. The van der Waals surface area contributed by atoms with E-state index in [1.54, 1.807) is 0 Å². The molecule has 0 aliphatic rings. The molecule has 0 spiro atoms. The first-order chi connectivity index (χ1) is 6.79. The molecule has 1 aromatic carbocycles. The lowest BCUT2D eigenvalue weighted by Crippen LogP contribution is -2.34. The van der Waals surface area contributed by atoms with Gasteiger partial charge in [0.2, 0.25) is 0 Å². The molecule has 0 saturated carbocycles. The van der Waals surface area contributed by atoms with Crippen LogP contribution in [0.3, 0.4) is 0 Å². The van der Waals surface area contributed by atoms with Crippen molar-refractivity contribution in [1.29, 1.82) is 0 Å². The molecule has 1 atom stereocenters. The quantitative estimate of drug-likeness (QED) is 0.583. The minimum atomic E-state index is -1.08. The van der Waals surface area contributed by atoms with Gasteiger partial charge in [-0.25, -0.2) is 0 Å². The Morgan fingerprint density at radius 2 is 1.60 bits per heavy atom. The molecule has 1 nitrogen and oxygen atoms in total. The van der Waals surface area contributed by atoms with Crippen molar-refractivity contribution < 1.29 is 5.11 Å². The van der Waals surface area contributed by atoms with Gasteiger partial charge in [0.05, 0.1) is 0 Å². The Morgan fingerprint density at radius 1 is 1.13 bits per heavy atom. The Labute approximate surface area is 97.9 Å². The first-order valence-electron chi connectivity index (χ1n) is 5.33. The van der Waals surface area contributed by atoms with Crippen LogP contribution >= 0.6 is 12.6 Å². The summed E-state index contributed by atoms with van der Waals surface area (Å²) in [6.07, 6.45) is 1.01. The van der Waals surface area contributed by atoms with E-state index in [2.05, 4.69) is 19.6 Å². The van der Waals surface area contributed by atoms with Crippen LogP contribution in [0.2, 0.25) is 0 Å². The average molecular weight is 224 g/mol. The summed E-state index contributed by atoms with van der Waals surface area (Å²) >= 11 is 4.38. The monoisotopic (exact) mass is 224 g/mol.